The molecule has 116 valence electrons. The Morgan fingerprint density at radius 1 is 1.04 bits per heavy atom. The van der Waals surface area contributed by atoms with Gasteiger partial charge in [0.15, 0.2) is 11.5 Å². The van der Waals surface area contributed by atoms with Crippen LogP contribution in [-0.2, 0) is 11.2 Å². The minimum absolute atomic E-state index is 0.174. The molecule has 0 radical (unpaired) electrons. The van der Waals surface area contributed by atoms with Crippen molar-refractivity contribution in [1.82, 2.24) is 10.2 Å². The zero-order chi connectivity index (χ0) is 16.2. The topological polar surface area (TPSA) is 95.3 Å². The lowest BCUT2D eigenvalue weighted by atomic mass is 10.1. The predicted molar refractivity (Wildman–Crippen MR) is 87.5 cm³/mol. The van der Waals surface area contributed by atoms with Crippen LogP contribution in [0.4, 0.5) is 5.13 Å². The Kier molecular flexibility index (Phi) is 4.20. The average molecular weight is 327 g/mol. The number of nitrogens with zero attached hydrogens (tertiary/aromatic N) is 2. The van der Waals surface area contributed by atoms with Gasteiger partial charge in [-0.2, -0.15) is 0 Å². The van der Waals surface area contributed by atoms with Gasteiger partial charge in [0, 0.05) is 5.56 Å². The number of hydrogen-bond donors (Lipinski definition) is 3. The molecule has 23 heavy (non-hydrogen) atoms. The molecular weight excluding hydrogens is 314 g/mol. The number of phenols is 2. The quantitative estimate of drug-likeness (QED) is 0.640. The second kappa shape index (κ2) is 6.45. The van der Waals surface area contributed by atoms with Crippen molar-refractivity contribution >= 4 is 22.4 Å². The number of hydrogen-bond acceptors (Lipinski definition) is 6. The fourth-order valence-electron chi connectivity index (χ4n) is 1.99. The minimum Gasteiger partial charge on any atom is -0.504 e. The lowest BCUT2D eigenvalue weighted by Crippen LogP contribution is -2.14. The van der Waals surface area contributed by atoms with Crippen molar-refractivity contribution in [2.24, 2.45) is 0 Å². The van der Waals surface area contributed by atoms with Gasteiger partial charge in [0.25, 0.3) is 0 Å². The predicted octanol–water partition coefficient (Wildman–Crippen LogP) is 2.80. The van der Waals surface area contributed by atoms with E-state index < -0.39 is 0 Å². The summed E-state index contributed by atoms with van der Waals surface area (Å²) in [6.07, 6.45) is 0.260. The van der Waals surface area contributed by atoms with Crippen LogP contribution in [0.2, 0.25) is 0 Å². The second-order valence-corrected chi connectivity index (χ2v) is 5.80. The van der Waals surface area contributed by atoms with Crippen LogP contribution in [0.25, 0.3) is 10.6 Å². The summed E-state index contributed by atoms with van der Waals surface area (Å²) < 4.78 is 0. The molecule has 0 bridgehead atoms. The van der Waals surface area contributed by atoms with Crippen molar-refractivity contribution in [3.8, 4) is 22.1 Å². The van der Waals surface area contributed by atoms with E-state index in [1.54, 1.807) is 6.07 Å². The van der Waals surface area contributed by atoms with E-state index in [9.17, 15) is 15.0 Å². The van der Waals surface area contributed by atoms with E-state index in [1.807, 2.05) is 30.3 Å². The summed E-state index contributed by atoms with van der Waals surface area (Å²) in [6.45, 7) is 0. The summed E-state index contributed by atoms with van der Waals surface area (Å²) in [5, 5.41) is 30.3. The van der Waals surface area contributed by atoms with Crippen molar-refractivity contribution in [1.29, 1.82) is 0 Å². The molecule has 0 spiro atoms. The molecule has 1 aromatic heterocycles. The van der Waals surface area contributed by atoms with Crippen molar-refractivity contribution in [2.75, 3.05) is 5.32 Å². The van der Waals surface area contributed by atoms with Crippen molar-refractivity contribution in [2.45, 2.75) is 6.42 Å². The Balaban J connectivity index is 1.69. The Labute approximate surface area is 136 Å². The highest BCUT2D eigenvalue weighted by atomic mass is 32.1. The van der Waals surface area contributed by atoms with Crippen LogP contribution < -0.4 is 5.32 Å². The molecule has 3 aromatic rings. The van der Waals surface area contributed by atoms with E-state index in [-0.39, 0.29) is 23.8 Å². The summed E-state index contributed by atoms with van der Waals surface area (Å²) in [4.78, 5) is 12.0. The standard InChI is InChI=1S/C16H13N3O3S/c20-12-7-6-11(9-13(12)21)15-18-19-16(23-15)17-14(22)8-10-4-2-1-3-5-10/h1-7,9,20-21H,8H2,(H,17,19,22). The number of aromatic nitrogens is 2. The smallest absolute Gasteiger partial charge is 0.230 e. The van der Waals surface area contributed by atoms with E-state index in [2.05, 4.69) is 15.5 Å². The molecule has 3 N–H and O–H groups in total. The first-order valence-electron chi connectivity index (χ1n) is 6.81. The first kappa shape index (κ1) is 15.0. The van der Waals surface area contributed by atoms with Crippen LogP contribution in [0.5, 0.6) is 11.5 Å². The zero-order valence-corrected chi connectivity index (χ0v) is 12.7. The van der Waals surface area contributed by atoms with Gasteiger partial charge in [0.2, 0.25) is 11.0 Å². The van der Waals surface area contributed by atoms with Gasteiger partial charge in [0.1, 0.15) is 5.01 Å². The zero-order valence-electron chi connectivity index (χ0n) is 11.9. The summed E-state index contributed by atoms with van der Waals surface area (Å²) in [7, 11) is 0. The second-order valence-electron chi connectivity index (χ2n) is 4.83. The number of aromatic hydroxyl groups is 2. The molecule has 0 saturated heterocycles. The molecular formula is C16H13N3O3S. The number of amides is 1. The number of phenolic OH excluding ortho intramolecular Hbond substituents is 2. The largest absolute Gasteiger partial charge is 0.504 e. The molecule has 3 rings (SSSR count). The first-order valence-corrected chi connectivity index (χ1v) is 7.63. The van der Waals surface area contributed by atoms with E-state index in [4.69, 9.17) is 0 Å². The fourth-order valence-corrected chi connectivity index (χ4v) is 2.75. The molecule has 0 aliphatic heterocycles. The van der Waals surface area contributed by atoms with E-state index in [0.717, 1.165) is 5.56 Å². The van der Waals surface area contributed by atoms with E-state index >= 15 is 0 Å². The van der Waals surface area contributed by atoms with Gasteiger partial charge in [-0.05, 0) is 23.8 Å². The summed E-state index contributed by atoms with van der Waals surface area (Å²) in [6, 6.07) is 13.8. The number of nitrogens with one attached hydrogen (secondary N) is 1. The maximum Gasteiger partial charge on any atom is 0.230 e. The Morgan fingerprint density at radius 3 is 2.57 bits per heavy atom. The maximum absolute atomic E-state index is 12.0. The van der Waals surface area contributed by atoms with Crippen LogP contribution >= 0.6 is 11.3 Å². The van der Waals surface area contributed by atoms with Gasteiger partial charge in [-0.25, -0.2) is 0 Å². The van der Waals surface area contributed by atoms with Crippen LogP contribution in [-0.4, -0.2) is 26.3 Å². The van der Waals surface area contributed by atoms with E-state index in [0.29, 0.717) is 15.7 Å². The van der Waals surface area contributed by atoms with Gasteiger partial charge in [0.05, 0.1) is 6.42 Å². The van der Waals surface area contributed by atoms with Gasteiger partial charge < -0.3 is 15.5 Å². The SMILES string of the molecule is O=C(Cc1ccccc1)Nc1nnc(-c2ccc(O)c(O)c2)s1. The third kappa shape index (κ3) is 3.64. The molecule has 1 heterocycles. The first-order chi connectivity index (χ1) is 11.1. The van der Waals surface area contributed by atoms with E-state index in [1.165, 1.54) is 23.5 Å². The molecule has 2 aromatic carbocycles. The van der Waals surface area contributed by atoms with Gasteiger partial charge in [-0.3, -0.25) is 4.79 Å². The lowest BCUT2D eigenvalue weighted by molar-refractivity contribution is -0.115. The van der Waals surface area contributed by atoms with Crippen LogP contribution in [0, 0.1) is 0 Å². The summed E-state index contributed by atoms with van der Waals surface area (Å²) in [5.41, 5.74) is 1.53. The highest BCUT2D eigenvalue weighted by Crippen LogP contribution is 2.32. The molecule has 7 heteroatoms. The van der Waals surface area contributed by atoms with Crippen molar-refractivity contribution < 1.29 is 15.0 Å². The average Bonchev–Trinajstić information content (AvgIpc) is 2.99. The maximum atomic E-state index is 12.0. The Bertz CT molecular complexity index is 834. The summed E-state index contributed by atoms with van der Waals surface area (Å²) >= 11 is 1.19. The lowest BCUT2D eigenvalue weighted by Gasteiger charge is -2.01. The molecule has 1 amide bonds. The van der Waals surface area contributed by atoms with Crippen molar-refractivity contribution in [3.05, 3.63) is 54.1 Å². The van der Waals surface area contributed by atoms with Gasteiger partial charge >= 0.3 is 0 Å². The molecule has 0 fully saturated rings. The number of rotatable bonds is 4. The van der Waals surface area contributed by atoms with Crippen LogP contribution in [0.3, 0.4) is 0 Å². The number of carbonyl (C=O) groups is 1. The third-order valence-corrected chi connectivity index (χ3v) is 3.99. The molecule has 0 atom stereocenters. The monoisotopic (exact) mass is 327 g/mol. The fraction of sp³-hybridized carbons (Fsp3) is 0.0625. The highest BCUT2D eigenvalue weighted by Gasteiger charge is 2.11. The highest BCUT2D eigenvalue weighted by molar-refractivity contribution is 7.18. The number of carbonyl (C=O) groups excluding carboxylic acids is 1. The molecule has 0 saturated carbocycles. The minimum atomic E-state index is -0.229. The van der Waals surface area contributed by atoms with Crippen LogP contribution in [0.15, 0.2) is 48.5 Å². The third-order valence-electron chi connectivity index (χ3n) is 3.10. The normalized spacial score (nSPS) is 10.4. The van der Waals surface area contributed by atoms with Gasteiger partial charge in [-0.15, -0.1) is 10.2 Å². The van der Waals surface area contributed by atoms with Crippen molar-refractivity contribution in [3.63, 3.8) is 0 Å². The number of benzene rings is 2. The Morgan fingerprint density at radius 2 is 1.83 bits per heavy atom. The van der Waals surface area contributed by atoms with Crippen LogP contribution in [0.1, 0.15) is 5.56 Å². The number of anilines is 1. The summed E-state index contributed by atoms with van der Waals surface area (Å²) in [5.74, 6) is -0.602. The molecule has 0 aliphatic rings. The molecule has 0 unspecified atom stereocenters. The Hall–Kier alpha value is -2.93. The molecule has 6 nitrogen and oxygen atoms in total. The van der Waals surface area contributed by atoms with Gasteiger partial charge in [-0.1, -0.05) is 41.7 Å². The molecule has 0 aliphatic carbocycles.